The SMILES string of the molecule is CO[C@@H]1[C@@H](NC(=O)c2ncc(Cl)s2)CCC[C@H]1n1c(-c2ccccc2F)nc2cnc(-c3ncn[nH]3)cc21. The van der Waals surface area contributed by atoms with Crippen molar-refractivity contribution in [3.63, 3.8) is 0 Å². The van der Waals surface area contributed by atoms with Gasteiger partial charge in [0.25, 0.3) is 5.91 Å². The number of thiazole rings is 1. The van der Waals surface area contributed by atoms with Gasteiger partial charge in [-0.3, -0.25) is 14.9 Å². The third-order valence-corrected chi connectivity index (χ3v) is 7.84. The molecule has 0 saturated heterocycles. The first-order chi connectivity index (χ1) is 18.5. The highest BCUT2D eigenvalue weighted by Crippen LogP contribution is 2.38. The van der Waals surface area contributed by atoms with Crippen molar-refractivity contribution in [1.82, 2.24) is 40.0 Å². The number of amides is 1. The van der Waals surface area contributed by atoms with Crippen molar-refractivity contribution >= 4 is 39.9 Å². The molecule has 38 heavy (non-hydrogen) atoms. The van der Waals surface area contributed by atoms with Crippen LogP contribution in [0.25, 0.3) is 33.9 Å². The summed E-state index contributed by atoms with van der Waals surface area (Å²) in [6.07, 6.45) is 6.35. The predicted molar refractivity (Wildman–Crippen MR) is 140 cm³/mol. The van der Waals surface area contributed by atoms with E-state index in [-0.39, 0.29) is 28.8 Å². The number of imidazole rings is 1. The summed E-state index contributed by atoms with van der Waals surface area (Å²) in [6, 6.07) is 7.82. The Labute approximate surface area is 225 Å². The number of hydrogen-bond donors (Lipinski definition) is 2. The van der Waals surface area contributed by atoms with Crippen LogP contribution >= 0.6 is 22.9 Å². The molecule has 1 aliphatic rings. The van der Waals surface area contributed by atoms with Crippen LogP contribution in [0.15, 0.2) is 49.1 Å². The molecule has 1 amide bonds. The number of aromatic amines is 1. The van der Waals surface area contributed by atoms with Gasteiger partial charge in [0.1, 0.15) is 33.5 Å². The molecule has 1 aliphatic carbocycles. The zero-order chi connectivity index (χ0) is 26.2. The number of aromatic nitrogens is 7. The van der Waals surface area contributed by atoms with E-state index >= 15 is 4.39 Å². The van der Waals surface area contributed by atoms with Crippen molar-refractivity contribution in [2.75, 3.05) is 7.11 Å². The summed E-state index contributed by atoms with van der Waals surface area (Å²) in [7, 11) is 1.62. The number of fused-ring (bicyclic) bond motifs is 1. The van der Waals surface area contributed by atoms with Crippen molar-refractivity contribution in [1.29, 1.82) is 0 Å². The molecule has 5 aromatic rings. The van der Waals surface area contributed by atoms with Crippen LogP contribution in [0.4, 0.5) is 4.39 Å². The second kappa shape index (κ2) is 10.2. The number of methoxy groups -OCH3 is 1. The highest BCUT2D eigenvalue weighted by molar-refractivity contribution is 7.17. The van der Waals surface area contributed by atoms with Gasteiger partial charge in [0.05, 0.1) is 41.7 Å². The topological polar surface area (TPSA) is 124 Å². The monoisotopic (exact) mass is 552 g/mol. The Kier molecular flexibility index (Phi) is 6.60. The minimum absolute atomic E-state index is 0.261. The van der Waals surface area contributed by atoms with Gasteiger partial charge in [-0.25, -0.2) is 19.3 Å². The zero-order valence-corrected chi connectivity index (χ0v) is 21.7. The van der Waals surface area contributed by atoms with Crippen LogP contribution in [0.2, 0.25) is 4.34 Å². The minimum atomic E-state index is -0.423. The lowest BCUT2D eigenvalue weighted by atomic mass is 9.87. The average molecular weight is 553 g/mol. The first-order valence-corrected chi connectivity index (χ1v) is 13.2. The van der Waals surface area contributed by atoms with Crippen LogP contribution in [-0.4, -0.2) is 59.9 Å². The van der Waals surface area contributed by atoms with Gasteiger partial charge in [0.15, 0.2) is 10.8 Å². The third kappa shape index (κ3) is 4.44. The Morgan fingerprint density at radius 1 is 1.24 bits per heavy atom. The van der Waals surface area contributed by atoms with Gasteiger partial charge in [-0.2, -0.15) is 5.10 Å². The molecule has 1 aromatic carbocycles. The summed E-state index contributed by atoms with van der Waals surface area (Å²) >= 11 is 7.10. The van der Waals surface area contributed by atoms with Crippen molar-refractivity contribution in [2.24, 2.45) is 0 Å². The molecule has 2 N–H and O–H groups in total. The van der Waals surface area contributed by atoms with E-state index in [4.69, 9.17) is 21.3 Å². The summed E-state index contributed by atoms with van der Waals surface area (Å²) in [6.45, 7) is 0. The molecule has 4 heterocycles. The van der Waals surface area contributed by atoms with Crippen LogP contribution in [0, 0.1) is 5.82 Å². The molecule has 3 atom stereocenters. The molecule has 10 nitrogen and oxygen atoms in total. The number of nitrogens with one attached hydrogen (secondary N) is 2. The Balaban J connectivity index is 1.46. The van der Waals surface area contributed by atoms with Crippen LogP contribution in [0.3, 0.4) is 0 Å². The van der Waals surface area contributed by atoms with Gasteiger partial charge in [0.2, 0.25) is 0 Å². The second-order valence-corrected chi connectivity index (χ2v) is 10.6. The maximum atomic E-state index is 15.1. The smallest absolute Gasteiger partial charge is 0.280 e. The standard InChI is InChI=1S/C25H22ClFN8O2S/c1-37-21-15(33-24(36)25-29-11-20(26)38-25)7-4-8-18(21)35-19-9-16(22-30-12-31-34-22)28-10-17(19)32-23(35)13-5-2-3-6-14(13)27/h2-3,5-6,9-12,15,18,21H,4,7-8H2,1H3,(H,33,36)(H,30,31,34)/t15-,18+,21+/m0/s1. The van der Waals surface area contributed by atoms with Gasteiger partial charge in [-0.15, -0.1) is 0 Å². The number of carbonyl (C=O) groups excluding carboxylic acids is 1. The van der Waals surface area contributed by atoms with E-state index in [0.717, 1.165) is 29.7 Å². The average Bonchev–Trinajstić information content (AvgIpc) is 3.68. The van der Waals surface area contributed by atoms with Gasteiger partial charge >= 0.3 is 0 Å². The molecule has 0 unspecified atom stereocenters. The molecular formula is C25H22ClFN8O2S. The molecule has 0 bridgehead atoms. The van der Waals surface area contributed by atoms with Crippen LogP contribution in [0.1, 0.15) is 35.1 Å². The summed E-state index contributed by atoms with van der Waals surface area (Å²) < 4.78 is 23.5. The van der Waals surface area contributed by atoms with Gasteiger partial charge < -0.3 is 14.6 Å². The number of nitrogens with zero attached hydrogens (tertiary/aromatic N) is 6. The Hall–Kier alpha value is -3.74. The van der Waals surface area contributed by atoms with E-state index in [1.165, 1.54) is 18.6 Å². The molecule has 0 aliphatic heterocycles. The van der Waals surface area contributed by atoms with E-state index in [9.17, 15) is 4.79 Å². The van der Waals surface area contributed by atoms with Crippen molar-refractivity contribution in [3.05, 3.63) is 64.2 Å². The van der Waals surface area contributed by atoms with Crippen molar-refractivity contribution in [2.45, 2.75) is 37.5 Å². The number of ether oxygens (including phenoxy) is 1. The number of halogens is 2. The fourth-order valence-electron chi connectivity index (χ4n) is 5.11. The van der Waals surface area contributed by atoms with E-state index < -0.39 is 6.10 Å². The predicted octanol–water partition coefficient (Wildman–Crippen LogP) is 4.67. The number of rotatable bonds is 6. The first-order valence-electron chi connectivity index (χ1n) is 12.0. The number of hydrogen-bond acceptors (Lipinski definition) is 8. The molecular weight excluding hydrogens is 531 g/mol. The van der Waals surface area contributed by atoms with E-state index in [0.29, 0.717) is 39.2 Å². The van der Waals surface area contributed by atoms with Crippen molar-refractivity contribution < 1.29 is 13.9 Å². The summed E-state index contributed by atoms with van der Waals surface area (Å²) in [5, 5.41) is 10.1. The Bertz CT molecular complexity index is 1600. The van der Waals surface area contributed by atoms with E-state index in [1.54, 1.807) is 31.5 Å². The van der Waals surface area contributed by atoms with Crippen LogP contribution in [0.5, 0.6) is 0 Å². The summed E-state index contributed by atoms with van der Waals surface area (Å²) in [5.41, 5.74) is 2.29. The number of carbonyl (C=O) groups is 1. The molecule has 6 rings (SSSR count). The normalized spacial score (nSPS) is 19.6. The molecule has 13 heteroatoms. The molecule has 0 spiro atoms. The number of H-pyrrole nitrogens is 1. The highest BCUT2D eigenvalue weighted by Gasteiger charge is 2.38. The second-order valence-electron chi connectivity index (χ2n) is 8.93. The number of pyridine rings is 1. The third-order valence-electron chi connectivity index (χ3n) is 6.73. The van der Waals surface area contributed by atoms with Gasteiger partial charge in [-0.05, 0) is 37.5 Å². The van der Waals surface area contributed by atoms with E-state index in [2.05, 4.69) is 30.5 Å². The highest BCUT2D eigenvalue weighted by atomic mass is 35.5. The molecule has 1 saturated carbocycles. The van der Waals surface area contributed by atoms with Crippen molar-refractivity contribution in [3.8, 4) is 22.9 Å². The van der Waals surface area contributed by atoms with Crippen LogP contribution < -0.4 is 5.32 Å². The minimum Gasteiger partial charge on any atom is -0.377 e. The van der Waals surface area contributed by atoms with Gasteiger partial charge in [0, 0.05) is 7.11 Å². The maximum Gasteiger partial charge on any atom is 0.280 e. The lowest BCUT2D eigenvalue weighted by molar-refractivity contribution is 0.00532. The fraction of sp³-hybridized carbons (Fsp3) is 0.280. The lowest BCUT2D eigenvalue weighted by Crippen LogP contribution is -2.50. The molecule has 194 valence electrons. The maximum absolute atomic E-state index is 15.1. The summed E-state index contributed by atoms with van der Waals surface area (Å²) in [5.74, 6) is 0.269. The Morgan fingerprint density at radius 3 is 2.84 bits per heavy atom. The zero-order valence-electron chi connectivity index (χ0n) is 20.1. The molecule has 4 aromatic heterocycles. The molecule has 0 radical (unpaired) electrons. The van der Waals surface area contributed by atoms with Gasteiger partial charge in [-0.1, -0.05) is 35.1 Å². The van der Waals surface area contributed by atoms with Crippen LogP contribution in [-0.2, 0) is 4.74 Å². The fourth-order valence-corrected chi connectivity index (χ4v) is 5.93. The van der Waals surface area contributed by atoms with E-state index in [1.807, 2.05) is 10.6 Å². The lowest BCUT2D eigenvalue weighted by Gasteiger charge is -2.39. The largest absolute Gasteiger partial charge is 0.377 e. The first kappa shape index (κ1) is 24.6. The number of benzene rings is 1. The quantitative estimate of drug-likeness (QED) is 0.314. The Morgan fingerprint density at radius 2 is 2.11 bits per heavy atom. The summed E-state index contributed by atoms with van der Waals surface area (Å²) in [4.78, 5) is 30.5. The molecule has 1 fully saturated rings.